The molecule has 2 aromatic rings. The molecular weight excluding hydrogens is 318 g/mol. The SMILES string of the molecule is C=CCN(c1ccccc1C#CCCc1ccccc1)S(C)(=O)=O. The van der Waals surface area contributed by atoms with Crippen molar-refractivity contribution >= 4 is 15.7 Å². The largest absolute Gasteiger partial charge is 0.265 e. The Morgan fingerprint density at radius 1 is 1.08 bits per heavy atom. The van der Waals surface area contributed by atoms with E-state index < -0.39 is 10.0 Å². The molecule has 0 spiro atoms. The Hall–Kier alpha value is -2.51. The van der Waals surface area contributed by atoms with Crippen LogP contribution in [0.4, 0.5) is 5.69 Å². The molecular formula is C20H21NO2S. The van der Waals surface area contributed by atoms with Crippen molar-refractivity contribution in [3.05, 3.63) is 78.4 Å². The monoisotopic (exact) mass is 339 g/mol. The molecule has 0 amide bonds. The van der Waals surface area contributed by atoms with Gasteiger partial charge < -0.3 is 0 Å². The highest BCUT2D eigenvalue weighted by atomic mass is 32.2. The maximum atomic E-state index is 12.0. The molecule has 0 saturated heterocycles. The summed E-state index contributed by atoms with van der Waals surface area (Å²) in [6, 6.07) is 17.4. The molecule has 24 heavy (non-hydrogen) atoms. The van der Waals surface area contributed by atoms with Gasteiger partial charge in [-0.15, -0.1) is 6.58 Å². The number of hydrogen-bond donors (Lipinski definition) is 0. The van der Waals surface area contributed by atoms with Crippen molar-refractivity contribution in [3.8, 4) is 11.8 Å². The Balaban J connectivity index is 2.20. The van der Waals surface area contributed by atoms with E-state index in [9.17, 15) is 8.42 Å². The lowest BCUT2D eigenvalue weighted by atomic mass is 10.1. The van der Waals surface area contributed by atoms with Gasteiger partial charge in [0.15, 0.2) is 0 Å². The van der Waals surface area contributed by atoms with Crippen LogP contribution < -0.4 is 4.31 Å². The van der Waals surface area contributed by atoms with Gasteiger partial charge in [0, 0.05) is 12.0 Å². The molecule has 2 rings (SSSR count). The minimum atomic E-state index is -3.38. The summed E-state index contributed by atoms with van der Waals surface area (Å²) >= 11 is 0. The zero-order valence-electron chi connectivity index (χ0n) is 13.8. The number of aryl methyl sites for hydroxylation is 1. The Bertz CT molecular complexity index is 846. The van der Waals surface area contributed by atoms with Gasteiger partial charge >= 0.3 is 0 Å². The van der Waals surface area contributed by atoms with Crippen LogP contribution in [0.25, 0.3) is 0 Å². The average Bonchev–Trinajstić information content (AvgIpc) is 2.57. The maximum absolute atomic E-state index is 12.0. The summed E-state index contributed by atoms with van der Waals surface area (Å²) in [7, 11) is -3.38. The van der Waals surface area contributed by atoms with E-state index in [4.69, 9.17) is 0 Å². The first-order valence-corrected chi connectivity index (χ1v) is 9.57. The summed E-state index contributed by atoms with van der Waals surface area (Å²) in [6.45, 7) is 3.86. The van der Waals surface area contributed by atoms with Gasteiger partial charge in [0.25, 0.3) is 0 Å². The second-order valence-electron chi connectivity index (χ2n) is 5.39. The molecule has 0 aromatic heterocycles. The average molecular weight is 339 g/mol. The van der Waals surface area contributed by atoms with Gasteiger partial charge in [0.1, 0.15) is 0 Å². The topological polar surface area (TPSA) is 37.4 Å². The van der Waals surface area contributed by atoms with Crippen molar-refractivity contribution in [1.29, 1.82) is 0 Å². The van der Waals surface area contributed by atoms with Crippen LogP contribution in [0.15, 0.2) is 67.3 Å². The third-order valence-corrected chi connectivity index (χ3v) is 4.62. The molecule has 0 bridgehead atoms. The Kier molecular flexibility index (Phi) is 6.22. The summed E-state index contributed by atoms with van der Waals surface area (Å²) in [5.74, 6) is 6.25. The van der Waals surface area contributed by atoms with Crippen molar-refractivity contribution in [1.82, 2.24) is 0 Å². The molecule has 0 fully saturated rings. The summed E-state index contributed by atoms with van der Waals surface area (Å²) in [5, 5.41) is 0. The first-order chi connectivity index (χ1) is 11.5. The standard InChI is InChI=1S/C20H21NO2S/c1-3-17-21(24(2,22)23)20-16-10-9-15-19(20)14-8-7-13-18-11-5-4-6-12-18/h3-6,9-12,15-16H,1,7,13,17H2,2H3. The number of hydrogen-bond acceptors (Lipinski definition) is 2. The lowest BCUT2D eigenvalue weighted by Gasteiger charge is -2.21. The van der Waals surface area contributed by atoms with Crippen LogP contribution in [0, 0.1) is 11.8 Å². The predicted molar refractivity (Wildman–Crippen MR) is 100 cm³/mol. The van der Waals surface area contributed by atoms with Crippen LogP contribution in [-0.4, -0.2) is 21.2 Å². The molecule has 0 N–H and O–H groups in total. The molecule has 0 aliphatic heterocycles. The van der Waals surface area contributed by atoms with E-state index in [2.05, 4.69) is 30.6 Å². The van der Waals surface area contributed by atoms with Gasteiger partial charge in [0.2, 0.25) is 10.0 Å². The molecule has 0 saturated carbocycles. The summed E-state index contributed by atoms with van der Waals surface area (Å²) in [4.78, 5) is 0. The molecule has 0 atom stereocenters. The normalized spacial score (nSPS) is 10.5. The van der Waals surface area contributed by atoms with Crippen LogP contribution in [0.1, 0.15) is 17.5 Å². The smallest absolute Gasteiger partial charge is 0.232 e. The Morgan fingerprint density at radius 2 is 1.75 bits per heavy atom. The van der Waals surface area contributed by atoms with Gasteiger partial charge in [-0.1, -0.05) is 60.4 Å². The number of sulfonamides is 1. The first kappa shape index (κ1) is 17.8. The van der Waals surface area contributed by atoms with Gasteiger partial charge in [-0.05, 0) is 24.1 Å². The van der Waals surface area contributed by atoms with Gasteiger partial charge in [-0.25, -0.2) is 8.42 Å². The minimum absolute atomic E-state index is 0.224. The number of benzene rings is 2. The van der Waals surface area contributed by atoms with Crippen LogP contribution >= 0.6 is 0 Å². The molecule has 0 aliphatic carbocycles. The highest BCUT2D eigenvalue weighted by molar-refractivity contribution is 7.92. The minimum Gasteiger partial charge on any atom is -0.265 e. The number of nitrogens with zero attached hydrogens (tertiary/aromatic N) is 1. The van der Waals surface area contributed by atoms with E-state index in [0.717, 1.165) is 12.8 Å². The van der Waals surface area contributed by atoms with E-state index in [-0.39, 0.29) is 6.54 Å². The third-order valence-electron chi connectivity index (χ3n) is 3.47. The van der Waals surface area contributed by atoms with E-state index in [0.29, 0.717) is 11.3 Å². The van der Waals surface area contributed by atoms with Gasteiger partial charge in [-0.2, -0.15) is 0 Å². The van der Waals surface area contributed by atoms with Crippen LogP contribution in [0.2, 0.25) is 0 Å². The highest BCUT2D eigenvalue weighted by Crippen LogP contribution is 2.22. The lowest BCUT2D eigenvalue weighted by molar-refractivity contribution is 0.598. The fourth-order valence-corrected chi connectivity index (χ4v) is 3.23. The number of rotatable bonds is 6. The van der Waals surface area contributed by atoms with Crippen LogP contribution in [0.5, 0.6) is 0 Å². The van der Waals surface area contributed by atoms with E-state index >= 15 is 0 Å². The van der Waals surface area contributed by atoms with Crippen molar-refractivity contribution in [2.45, 2.75) is 12.8 Å². The first-order valence-electron chi connectivity index (χ1n) is 7.73. The fourth-order valence-electron chi connectivity index (χ4n) is 2.34. The molecule has 0 heterocycles. The molecule has 0 radical (unpaired) electrons. The summed E-state index contributed by atoms with van der Waals surface area (Å²) in [6.07, 6.45) is 4.36. The quantitative estimate of drug-likeness (QED) is 0.595. The number of anilines is 1. The highest BCUT2D eigenvalue weighted by Gasteiger charge is 2.17. The van der Waals surface area contributed by atoms with Crippen LogP contribution in [-0.2, 0) is 16.4 Å². The maximum Gasteiger partial charge on any atom is 0.232 e. The predicted octanol–water partition coefficient (Wildman–Crippen LogP) is 3.62. The Morgan fingerprint density at radius 3 is 2.42 bits per heavy atom. The van der Waals surface area contributed by atoms with E-state index in [1.54, 1.807) is 12.1 Å². The summed E-state index contributed by atoms with van der Waals surface area (Å²) in [5.41, 5.74) is 2.54. The second-order valence-corrected chi connectivity index (χ2v) is 7.29. The van der Waals surface area contributed by atoms with Crippen molar-refractivity contribution in [3.63, 3.8) is 0 Å². The molecule has 3 nitrogen and oxygen atoms in total. The molecule has 0 unspecified atom stereocenters. The van der Waals surface area contributed by atoms with E-state index in [1.807, 2.05) is 36.4 Å². The summed E-state index contributed by atoms with van der Waals surface area (Å²) < 4.78 is 25.4. The van der Waals surface area contributed by atoms with Gasteiger partial charge in [0.05, 0.1) is 18.5 Å². The van der Waals surface area contributed by atoms with Crippen molar-refractivity contribution in [2.24, 2.45) is 0 Å². The van der Waals surface area contributed by atoms with Crippen molar-refractivity contribution < 1.29 is 8.42 Å². The van der Waals surface area contributed by atoms with Gasteiger partial charge in [-0.3, -0.25) is 4.31 Å². The number of para-hydroxylation sites is 1. The second kappa shape index (κ2) is 8.37. The van der Waals surface area contributed by atoms with E-state index in [1.165, 1.54) is 16.1 Å². The molecule has 2 aromatic carbocycles. The van der Waals surface area contributed by atoms with Crippen LogP contribution in [0.3, 0.4) is 0 Å². The fraction of sp³-hybridized carbons (Fsp3) is 0.200. The molecule has 0 aliphatic rings. The molecule has 124 valence electrons. The molecule has 4 heteroatoms. The third kappa shape index (κ3) is 5.00. The van der Waals surface area contributed by atoms with Crippen molar-refractivity contribution in [2.75, 3.05) is 17.1 Å². The lowest BCUT2D eigenvalue weighted by Crippen LogP contribution is -2.30. The zero-order valence-corrected chi connectivity index (χ0v) is 14.6. The zero-order chi connectivity index (χ0) is 17.4. The Labute approximate surface area is 144 Å².